The van der Waals surface area contributed by atoms with Crippen LogP contribution in [0.5, 0.6) is 0 Å². The summed E-state index contributed by atoms with van der Waals surface area (Å²) in [4.78, 5) is 23.2. The molecular weight excluding hydrogens is 731 g/mol. The van der Waals surface area contributed by atoms with Gasteiger partial charge in [0.1, 0.15) is 0 Å². The highest BCUT2D eigenvalue weighted by Gasteiger charge is 2.21. The summed E-state index contributed by atoms with van der Waals surface area (Å²) in [7, 11) is -1.98. The van der Waals surface area contributed by atoms with Gasteiger partial charge in [0.05, 0.1) is 78.6 Å². The van der Waals surface area contributed by atoms with Gasteiger partial charge in [-0.15, -0.1) is 0 Å². The van der Waals surface area contributed by atoms with Crippen molar-refractivity contribution in [1.82, 2.24) is 19.6 Å². The van der Waals surface area contributed by atoms with Crippen LogP contribution in [0.2, 0.25) is 0 Å². The van der Waals surface area contributed by atoms with Crippen molar-refractivity contribution in [2.75, 3.05) is 34.8 Å². The first-order valence-corrected chi connectivity index (χ1v) is 20.4. The quantitative estimate of drug-likeness (QED) is 0.144. The van der Waals surface area contributed by atoms with E-state index in [1.54, 1.807) is 70.0 Å². The highest BCUT2D eigenvalue weighted by Crippen LogP contribution is 2.29. The number of anilines is 2. The Bertz CT molecular complexity index is 2380. The number of rotatable bonds is 11. The number of aryl methyl sites for hydroxylation is 4. The number of Topliss-reactive ketones (excluding diaryl/α,β-unsaturated/α-hetero) is 1. The van der Waals surface area contributed by atoms with Gasteiger partial charge in [-0.25, -0.2) is 21.6 Å². The van der Waals surface area contributed by atoms with E-state index in [4.69, 9.17) is 5.73 Å². The van der Waals surface area contributed by atoms with E-state index in [0.29, 0.717) is 22.5 Å². The molecule has 54 heavy (non-hydrogen) atoms. The molecule has 0 saturated heterocycles. The number of hydrogen-bond acceptors (Lipinski definition) is 10. The number of fused-ring (bicyclic) bond motifs is 2. The molecule has 0 radical (unpaired) electrons. The minimum absolute atomic E-state index is 0.0563. The third-order valence-electron chi connectivity index (χ3n) is 8.90. The molecule has 14 nitrogen and oxygen atoms in total. The molecule has 284 valence electrons. The molecule has 2 heterocycles. The van der Waals surface area contributed by atoms with Crippen LogP contribution in [0.4, 0.5) is 11.4 Å². The van der Waals surface area contributed by atoms with Crippen molar-refractivity contribution >= 4 is 65.0 Å². The van der Waals surface area contributed by atoms with Gasteiger partial charge in [0, 0.05) is 30.4 Å². The summed E-state index contributed by atoms with van der Waals surface area (Å²) in [6.45, 7) is 4.05. The molecule has 6 rings (SSSR count). The van der Waals surface area contributed by atoms with Crippen LogP contribution in [0.25, 0.3) is 21.8 Å². The Labute approximate surface area is 314 Å². The number of ether oxygens (including phenoxy) is 1. The van der Waals surface area contributed by atoms with E-state index in [-0.39, 0.29) is 25.4 Å². The number of carbonyl (C=O) groups is 2. The van der Waals surface area contributed by atoms with E-state index >= 15 is 0 Å². The molecule has 0 unspecified atom stereocenters. The summed E-state index contributed by atoms with van der Waals surface area (Å²) in [5.74, 6) is -0.585. The van der Waals surface area contributed by atoms with Gasteiger partial charge in [0.15, 0.2) is 5.78 Å². The Morgan fingerprint density at radius 2 is 1.06 bits per heavy atom. The standard InChI is InChI=1S/C19H22N4O3S.C19H21N3O4S/c1-13-17-10-16(8-9-18(17)22(2)21-13)23(27(3,25)26)12-14-4-6-15(7-5-14)19(24)11-20;1-13-17-11-16(9-10-18(17)21(2)20-13)22(27(4,24)25)12-14-5-7-15(8-6-14)19(23)26-3/h4-10H,11-12,20H2,1-3H3;5-11H,12H2,1-4H3. The maximum atomic E-state index is 12.4. The van der Waals surface area contributed by atoms with Gasteiger partial charge in [-0.2, -0.15) is 10.2 Å². The second kappa shape index (κ2) is 15.8. The number of nitrogens with zero attached hydrogens (tertiary/aromatic N) is 6. The molecule has 0 aliphatic heterocycles. The SMILES string of the molecule is COC(=O)c1ccc(CN(c2ccc3c(c2)c(C)nn3C)S(C)(=O)=O)cc1.Cc1nn(C)c2ccc(N(Cc3ccc(C(=O)CN)cc3)S(C)(=O)=O)cc12. The van der Waals surface area contributed by atoms with Crippen LogP contribution in [0.3, 0.4) is 0 Å². The van der Waals surface area contributed by atoms with Crippen LogP contribution in [-0.4, -0.2) is 74.3 Å². The van der Waals surface area contributed by atoms with Gasteiger partial charge in [0.2, 0.25) is 20.0 Å². The second-order valence-corrected chi connectivity index (χ2v) is 16.7. The fourth-order valence-electron chi connectivity index (χ4n) is 6.08. The molecule has 0 aliphatic rings. The van der Waals surface area contributed by atoms with Crippen LogP contribution in [-0.2, 0) is 52.0 Å². The number of carbonyl (C=O) groups excluding carboxylic acids is 2. The Kier molecular flexibility index (Phi) is 11.6. The Balaban J connectivity index is 0.000000208. The van der Waals surface area contributed by atoms with Crippen LogP contribution in [0.1, 0.15) is 43.2 Å². The zero-order chi connectivity index (χ0) is 39.5. The van der Waals surface area contributed by atoms with Crippen molar-refractivity contribution in [3.05, 3.63) is 119 Å². The Morgan fingerprint density at radius 1 is 0.667 bits per heavy atom. The maximum Gasteiger partial charge on any atom is 0.337 e. The lowest BCUT2D eigenvalue weighted by atomic mass is 10.1. The average molecular weight is 774 g/mol. The van der Waals surface area contributed by atoms with Crippen molar-refractivity contribution in [3.8, 4) is 0 Å². The molecule has 0 aliphatic carbocycles. The smallest absolute Gasteiger partial charge is 0.337 e. The molecule has 0 atom stereocenters. The lowest BCUT2D eigenvalue weighted by molar-refractivity contribution is 0.0600. The largest absolute Gasteiger partial charge is 0.465 e. The van der Waals surface area contributed by atoms with Crippen molar-refractivity contribution < 1.29 is 31.2 Å². The minimum atomic E-state index is -3.51. The maximum absolute atomic E-state index is 12.4. The number of benzene rings is 4. The van der Waals surface area contributed by atoms with E-state index < -0.39 is 26.0 Å². The second-order valence-electron chi connectivity index (χ2n) is 12.9. The number of esters is 1. The van der Waals surface area contributed by atoms with E-state index in [9.17, 15) is 26.4 Å². The number of ketones is 1. The predicted molar refractivity (Wildman–Crippen MR) is 211 cm³/mol. The number of nitrogens with two attached hydrogens (primary N) is 1. The van der Waals surface area contributed by atoms with E-state index in [0.717, 1.165) is 44.3 Å². The van der Waals surface area contributed by atoms with Gasteiger partial charge >= 0.3 is 5.97 Å². The zero-order valence-corrected chi connectivity index (χ0v) is 32.8. The first-order chi connectivity index (χ1) is 25.4. The lowest BCUT2D eigenvalue weighted by Crippen LogP contribution is -2.29. The first kappa shape index (κ1) is 39.6. The molecule has 0 spiro atoms. The number of methoxy groups -OCH3 is 1. The van der Waals surface area contributed by atoms with E-state index in [1.807, 2.05) is 52.2 Å². The van der Waals surface area contributed by atoms with Gasteiger partial charge in [-0.3, -0.25) is 22.8 Å². The average Bonchev–Trinajstić information content (AvgIpc) is 3.59. The molecule has 2 aromatic heterocycles. The van der Waals surface area contributed by atoms with Crippen molar-refractivity contribution in [2.45, 2.75) is 26.9 Å². The molecule has 0 amide bonds. The van der Waals surface area contributed by atoms with E-state index in [1.165, 1.54) is 28.2 Å². The van der Waals surface area contributed by atoms with Gasteiger partial charge < -0.3 is 10.5 Å². The number of hydrogen-bond donors (Lipinski definition) is 1. The normalized spacial score (nSPS) is 11.6. The summed E-state index contributed by atoms with van der Waals surface area (Å²) < 4.78 is 60.6. The van der Waals surface area contributed by atoms with Crippen molar-refractivity contribution in [1.29, 1.82) is 0 Å². The van der Waals surface area contributed by atoms with Crippen LogP contribution in [0, 0.1) is 13.8 Å². The monoisotopic (exact) mass is 773 g/mol. The molecular formula is C38H43N7O7S2. The molecule has 6 aromatic rings. The van der Waals surface area contributed by atoms with Gasteiger partial charge in [-0.05, 0) is 73.5 Å². The van der Waals surface area contributed by atoms with Crippen LogP contribution in [0.15, 0.2) is 84.9 Å². The fraction of sp³-hybridized carbons (Fsp3) is 0.263. The minimum Gasteiger partial charge on any atom is -0.465 e. The fourth-order valence-corrected chi connectivity index (χ4v) is 7.84. The molecule has 0 bridgehead atoms. The summed E-state index contributed by atoms with van der Waals surface area (Å²) in [6, 6.07) is 24.5. The van der Waals surface area contributed by atoms with Crippen molar-refractivity contribution in [2.24, 2.45) is 19.8 Å². The Morgan fingerprint density at radius 3 is 1.41 bits per heavy atom. The molecule has 4 aromatic carbocycles. The molecule has 16 heteroatoms. The molecule has 2 N–H and O–H groups in total. The lowest BCUT2D eigenvalue weighted by Gasteiger charge is -2.23. The third kappa shape index (κ3) is 8.78. The first-order valence-electron chi connectivity index (χ1n) is 16.7. The van der Waals surface area contributed by atoms with Crippen molar-refractivity contribution in [3.63, 3.8) is 0 Å². The number of aromatic nitrogens is 4. The van der Waals surface area contributed by atoms with E-state index in [2.05, 4.69) is 14.9 Å². The summed E-state index contributed by atoms with van der Waals surface area (Å²) in [6.07, 6.45) is 2.36. The summed E-state index contributed by atoms with van der Waals surface area (Å²) in [5.41, 5.74) is 12.5. The third-order valence-corrected chi connectivity index (χ3v) is 11.2. The predicted octanol–water partition coefficient (Wildman–Crippen LogP) is 4.62. The Hall–Kier alpha value is -5.58. The van der Waals surface area contributed by atoms with Crippen LogP contribution < -0.4 is 14.3 Å². The summed E-state index contributed by atoms with van der Waals surface area (Å²) >= 11 is 0. The topological polar surface area (TPSA) is 180 Å². The highest BCUT2D eigenvalue weighted by atomic mass is 32.2. The van der Waals surface area contributed by atoms with Gasteiger partial charge in [0.25, 0.3) is 0 Å². The number of sulfonamides is 2. The molecule has 0 fully saturated rings. The molecule has 0 saturated carbocycles. The highest BCUT2D eigenvalue weighted by molar-refractivity contribution is 7.92. The van der Waals surface area contributed by atoms with Crippen LogP contribution >= 0.6 is 0 Å². The van der Waals surface area contributed by atoms with Gasteiger partial charge in [-0.1, -0.05) is 36.4 Å². The summed E-state index contributed by atoms with van der Waals surface area (Å²) in [5, 5.41) is 10.6. The zero-order valence-electron chi connectivity index (χ0n) is 31.1.